The van der Waals surface area contributed by atoms with Crippen molar-refractivity contribution in [1.29, 1.82) is 0 Å². The fourth-order valence-corrected chi connectivity index (χ4v) is 2.95. The summed E-state index contributed by atoms with van der Waals surface area (Å²) in [5.74, 6) is 0.813. The average Bonchev–Trinajstić information content (AvgIpc) is 3.15. The number of nitrogens with two attached hydrogens (primary N) is 2. The molecule has 4 N–H and O–H groups in total. The number of rotatable bonds is 2. The summed E-state index contributed by atoms with van der Waals surface area (Å²) in [6, 6.07) is 18.8. The molecule has 0 saturated heterocycles. The zero-order chi connectivity index (χ0) is 20.5. The topological polar surface area (TPSA) is 90.2 Å². The highest BCUT2D eigenvalue weighted by molar-refractivity contribution is 5.99. The Morgan fingerprint density at radius 3 is 2.07 bits per heavy atom. The zero-order valence-electron chi connectivity index (χ0n) is 16.7. The lowest BCUT2D eigenvalue weighted by atomic mass is 10.0. The van der Waals surface area contributed by atoms with Crippen molar-refractivity contribution >= 4 is 17.4 Å². The number of anilines is 2. The smallest absolute Gasteiger partial charge is 0.245 e. The second-order valence-electron chi connectivity index (χ2n) is 6.04. The van der Waals surface area contributed by atoms with Crippen molar-refractivity contribution < 1.29 is 4.79 Å². The van der Waals surface area contributed by atoms with Crippen LogP contribution in [0.1, 0.15) is 33.8 Å². The molecule has 1 unspecified atom stereocenters. The van der Waals surface area contributed by atoms with E-state index in [1.165, 1.54) is 0 Å². The number of carbonyl (C=O) groups excluding carboxylic acids is 1. The van der Waals surface area contributed by atoms with E-state index in [0.29, 0.717) is 13.0 Å². The number of carbonyl (C=O) groups is 1. The van der Waals surface area contributed by atoms with Gasteiger partial charge in [-0.3, -0.25) is 9.69 Å². The van der Waals surface area contributed by atoms with Gasteiger partial charge < -0.3 is 11.5 Å². The highest BCUT2D eigenvalue weighted by Gasteiger charge is 2.33. The molecule has 1 aromatic heterocycles. The van der Waals surface area contributed by atoms with E-state index in [-0.39, 0.29) is 13.3 Å². The Morgan fingerprint density at radius 1 is 1.03 bits per heavy atom. The molecule has 2 aromatic carbocycles. The molecule has 0 aliphatic carbocycles. The third-order valence-electron chi connectivity index (χ3n) is 4.21. The number of para-hydroxylation sites is 2. The van der Waals surface area contributed by atoms with Gasteiger partial charge in [0.25, 0.3) is 0 Å². The van der Waals surface area contributed by atoms with Gasteiger partial charge in [-0.15, -0.1) is 0 Å². The second-order valence-corrected chi connectivity index (χ2v) is 6.04. The van der Waals surface area contributed by atoms with Gasteiger partial charge in [0.05, 0.1) is 17.9 Å². The third-order valence-corrected chi connectivity index (χ3v) is 4.21. The standard InChI is InChI=1S/C14H16N4O.C6H7N.C2H6.CH4/c1-2-17-13-10(8-12(15)14(17)19)9-16-18(13)11-6-4-3-5-7-11;7-6-4-2-1-3-5-6;1-2;/h3-7,9,12H,2,8,15H2,1H3;1-5H,7H2;1-2H3;1H4. The minimum atomic E-state index is -0.458. The van der Waals surface area contributed by atoms with Crippen LogP contribution in [-0.2, 0) is 11.2 Å². The van der Waals surface area contributed by atoms with E-state index in [0.717, 1.165) is 22.8 Å². The molecule has 0 spiro atoms. The monoisotopic (exact) mass is 395 g/mol. The number of amides is 1. The normalized spacial score (nSPS) is 14.4. The van der Waals surface area contributed by atoms with Crippen LogP contribution >= 0.6 is 0 Å². The van der Waals surface area contributed by atoms with Gasteiger partial charge >= 0.3 is 0 Å². The molecule has 0 bridgehead atoms. The minimum absolute atomic E-state index is 0. The number of hydrogen-bond acceptors (Lipinski definition) is 4. The summed E-state index contributed by atoms with van der Waals surface area (Å²) in [5.41, 5.74) is 14.0. The molecule has 6 heteroatoms. The summed E-state index contributed by atoms with van der Waals surface area (Å²) in [6.07, 6.45) is 2.36. The van der Waals surface area contributed by atoms with Crippen molar-refractivity contribution in [3.63, 3.8) is 0 Å². The van der Waals surface area contributed by atoms with Gasteiger partial charge in [-0.1, -0.05) is 57.7 Å². The van der Waals surface area contributed by atoms with Gasteiger partial charge in [-0.25, -0.2) is 4.68 Å². The molecule has 0 radical (unpaired) electrons. The van der Waals surface area contributed by atoms with Gasteiger partial charge in [0.15, 0.2) is 0 Å². The Balaban J connectivity index is 0.000000356. The number of fused-ring (bicyclic) bond motifs is 1. The van der Waals surface area contributed by atoms with Crippen LogP contribution in [0.4, 0.5) is 11.5 Å². The predicted octanol–water partition coefficient (Wildman–Crippen LogP) is 4.04. The van der Waals surface area contributed by atoms with Gasteiger partial charge in [0, 0.05) is 24.2 Å². The number of nitrogens with zero attached hydrogens (tertiary/aromatic N) is 3. The molecule has 0 saturated carbocycles. The molecule has 0 fully saturated rings. The van der Waals surface area contributed by atoms with Gasteiger partial charge in [-0.2, -0.15) is 5.10 Å². The van der Waals surface area contributed by atoms with Crippen LogP contribution in [-0.4, -0.2) is 28.3 Å². The first kappa shape index (κ1) is 23.9. The fraction of sp³-hybridized carbons (Fsp3) is 0.304. The SMILES string of the molecule is C.CC.CCN1C(=O)C(N)Cc2cnn(-c3ccccc3)c21.Nc1ccccc1. The molecule has 6 nitrogen and oxygen atoms in total. The maximum Gasteiger partial charge on any atom is 0.245 e. The van der Waals surface area contributed by atoms with E-state index in [2.05, 4.69) is 5.10 Å². The van der Waals surface area contributed by atoms with Crippen molar-refractivity contribution in [1.82, 2.24) is 9.78 Å². The van der Waals surface area contributed by atoms with Crippen molar-refractivity contribution in [2.24, 2.45) is 5.73 Å². The molecular formula is C23H33N5O. The van der Waals surface area contributed by atoms with E-state index in [9.17, 15) is 4.79 Å². The van der Waals surface area contributed by atoms with Gasteiger partial charge in [0.2, 0.25) is 5.91 Å². The van der Waals surface area contributed by atoms with E-state index in [4.69, 9.17) is 11.5 Å². The van der Waals surface area contributed by atoms with Crippen LogP contribution in [0.2, 0.25) is 0 Å². The number of aromatic nitrogens is 2. The quantitative estimate of drug-likeness (QED) is 0.641. The Labute approximate surface area is 174 Å². The summed E-state index contributed by atoms with van der Waals surface area (Å²) in [7, 11) is 0. The molecule has 1 aliphatic heterocycles. The van der Waals surface area contributed by atoms with Crippen LogP contribution in [0.25, 0.3) is 5.69 Å². The Morgan fingerprint density at radius 2 is 1.59 bits per heavy atom. The lowest BCUT2D eigenvalue weighted by Crippen LogP contribution is -2.49. The maximum atomic E-state index is 12.2. The number of hydrogen-bond donors (Lipinski definition) is 2. The van der Waals surface area contributed by atoms with E-state index >= 15 is 0 Å². The first-order valence-corrected chi connectivity index (χ1v) is 9.61. The summed E-state index contributed by atoms with van der Waals surface area (Å²) >= 11 is 0. The lowest BCUT2D eigenvalue weighted by molar-refractivity contribution is -0.120. The van der Waals surface area contributed by atoms with Crippen LogP contribution in [0.3, 0.4) is 0 Å². The van der Waals surface area contributed by atoms with Gasteiger partial charge in [-0.05, 0) is 31.2 Å². The first-order valence-electron chi connectivity index (χ1n) is 9.61. The minimum Gasteiger partial charge on any atom is -0.399 e. The molecule has 1 amide bonds. The van der Waals surface area contributed by atoms with Crippen LogP contribution in [0.5, 0.6) is 0 Å². The first-order chi connectivity index (χ1) is 13.6. The molecule has 2 heterocycles. The molecule has 1 aliphatic rings. The third kappa shape index (κ3) is 5.68. The Hall–Kier alpha value is -3.12. The van der Waals surface area contributed by atoms with E-state index in [1.807, 2.05) is 86.1 Å². The fourth-order valence-electron chi connectivity index (χ4n) is 2.95. The number of likely N-dealkylation sites (N-methyl/N-ethyl adjacent to an activating group) is 1. The van der Waals surface area contributed by atoms with Crippen molar-refractivity contribution in [2.75, 3.05) is 17.2 Å². The highest BCUT2D eigenvalue weighted by atomic mass is 16.2. The predicted molar refractivity (Wildman–Crippen MR) is 122 cm³/mol. The Bertz CT molecular complexity index is 861. The van der Waals surface area contributed by atoms with Crippen LogP contribution in [0, 0.1) is 0 Å². The maximum absolute atomic E-state index is 12.2. The zero-order valence-corrected chi connectivity index (χ0v) is 16.7. The Kier molecular flexibility index (Phi) is 9.62. The molecule has 1 atom stereocenters. The summed E-state index contributed by atoms with van der Waals surface area (Å²) in [4.78, 5) is 13.9. The summed E-state index contributed by atoms with van der Waals surface area (Å²) < 4.78 is 1.81. The molecule has 4 rings (SSSR count). The molecule has 29 heavy (non-hydrogen) atoms. The largest absolute Gasteiger partial charge is 0.399 e. The van der Waals surface area contributed by atoms with Crippen LogP contribution in [0.15, 0.2) is 66.9 Å². The highest BCUT2D eigenvalue weighted by Crippen LogP contribution is 2.29. The van der Waals surface area contributed by atoms with Gasteiger partial charge in [0.1, 0.15) is 5.82 Å². The summed E-state index contributed by atoms with van der Waals surface area (Å²) in [5, 5.41) is 4.40. The number of nitrogen functional groups attached to an aromatic ring is 1. The molecule has 3 aromatic rings. The van der Waals surface area contributed by atoms with Crippen molar-refractivity contribution in [3.8, 4) is 5.69 Å². The van der Waals surface area contributed by atoms with E-state index in [1.54, 1.807) is 11.1 Å². The van der Waals surface area contributed by atoms with E-state index < -0.39 is 6.04 Å². The summed E-state index contributed by atoms with van der Waals surface area (Å²) in [6.45, 7) is 6.54. The molecule has 156 valence electrons. The second kappa shape index (κ2) is 11.7. The number of benzene rings is 2. The van der Waals surface area contributed by atoms with Crippen LogP contribution < -0.4 is 16.4 Å². The molecular weight excluding hydrogens is 362 g/mol. The van der Waals surface area contributed by atoms with Crippen molar-refractivity contribution in [2.45, 2.75) is 40.7 Å². The lowest BCUT2D eigenvalue weighted by Gasteiger charge is -2.30. The van der Waals surface area contributed by atoms with Crippen molar-refractivity contribution in [3.05, 3.63) is 72.4 Å². The average molecular weight is 396 g/mol.